The van der Waals surface area contributed by atoms with Crippen molar-refractivity contribution in [1.82, 2.24) is 20.8 Å². The van der Waals surface area contributed by atoms with Crippen LogP contribution < -0.4 is 15.6 Å². The smallest absolute Gasteiger partial charge is 0.269 e. The van der Waals surface area contributed by atoms with E-state index in [-0.39, 0.29) is 12.3 Å². The Morgan fingerprint density at radius 1 is 0.970 bits per heavy atom. The van der Waals surface area contributed by atoms with Crippen molar-refractivity contribution in [3.05, 3.63) is 100 Å². The molecule has 0 radical (unpaired) electrons. The number of nitrogens with one attached hydrogen (secondary N) is 2. The Labute approximate surface area is 199 Å². The van der Waals surface area contributed by atoms with Gasteiger partial charge in [0.25, 0.3) is 5.91 Å². The van der Waals surface area contributed by atoms with Gasteiger partial charge in [-0.05, 0) is 54.1 Å². The molecular formula is C24H19ClN4O3S. The van der Waals surface area contributed by atoms with E-state index < -0.39 is 5.91 Å². The van der Waals surface area contributed by atoms with Gasteiger partial charge in [0.05, 0.1) is 17.8 Å². The molecule has 2 N–H and O–H groups in total. The predicted molar refractivity (Wildman–Crippen MR) is 127 cm³/mol. The van der Waals surface area contributed by atoms with Crippen LogP contribution in [-0.2, 0) is 17.8 Å². The van der Waals surface area contributed by atoms with Gasteiger partial charge in [-0.15, -0.1) is 11.3 Å². The summed E-state index contributed by atoms with van der Waals surface area (Å²) in [5.41, 5.74) is 7.52. The molecule has 166 valence electrons. The molecule has 4 rings (SSSR count). The van der Waals surface area contributed by atoms with Crippen molar-refractivity contribution >= 4 is 34.8 Å². The summed E-state index contributed by atoms with van der Waals surface area (Å²) in [5, 5.41) is 3.18. The molecule has 0 saturated heterocycles. The number of rotatable bonds is 7. The van der Waals surface area contributed by atoms with Gasteiger partial charge in [-0.25, -0.2) is 4.98 Å². The lowest BCUT2D eigenvalue weighted by Crippen LogP contribution is -2.42. The number of hydrazine groups is 1. The molecule has 0 atom stereocenters. The monoisotopic (exact) mass is 478 g/mol. The third kappa shape index (κ3) is 6.38. The van der Waals surface area contributed by atoms with Crippen LogP contribution in [0.5, 0.6) is 5.75 Å². The number of carbonyl (C=O) groups is 2. The number of amides is 2. The zero-order chi connectivity index (χ0) is 23.0. The van der Waals surface area contributed by atoms with Crippen molar-refractivity contribution in [3.63, 3.8) is 0 Å². The molecule has 2 heterocycles. The first-order valence-electron chi connectivity index (χ1n) is 9.99. The van der Waals surface area contributed by atoms with Crippen LogP contribution in [-0.4, -0.2) is 21.8 Å². The topological polar surface area (TPSA) is 93.2 Å². The van der Waals surface area contributed by atoms with Crippen molar-refractivity contribution in [2.45, 2.75) is 13.0 Å². The van der Waals surface area contributed by atoms with Crippen molar-refractivity contribution in [2.24, 2.45) is 0 Å². The van der Waals surface area contributed by atoms with E-state index >= 15 is 0 Å². The van der Waals surface area contributed by atoms with Crippen LogP contribution in [0, 0.1) is 0 Å². The molecule has 0 unspecified atom stereocenters. The van der Waals surface area contributed by atoms with Gasteiger partial charge in [-0.3, -0.25) is 25.4 Å². The largest absolute Gasteiger partial charge is 0.489 e. The van der Waals surface area contributed by atoms with Crippen LogP contribution in [0.2, 0.25) is 5.02 Å². The van der Waals surface area contributed by atoms with Crippen LogP contribution in [0.1, 0.15) is 21.6 Å². The average molecular weight is 479 g/mol. The number of nitrogens with zero attached hydrogens (tertiary/aromatic N) is 2. The number of hydrogen-bond donors (Lipinski definition) is 2. The highest BCUT2D eigenvalue weighted by atomic mass is 35.5. The molecule has 0 saturated carbocycles. The van der Waals surface area contributed by atoms with E-state index in [0.717, 1.165) is 16.3 Å². The second kappa shape index (κ2) is 10.7. The molecule has 4 aromatic rings. The van der Waals surface area contributed by atoms with Gasteiger partial charge in [-0.2, -0.15) is 0 Å². The molecule has 0 spiro atoms. The number of carbonyl (C=O) groups excluding carboxylic acids is 2. The zero-order valence-corrected chi connectivity index (χ0v) is 18.9. The number of ether oxygens (including phenoxy) is 1. The SMILES string of the molecule is O=C(Cc1csc(-c2ccccn2)n1)NNC(=O)c1ccc(COc2ccc(Cl)cc2)cc1. The van der Waals surface area contributed by atoms with Crippen molar-refractivity contribution < 1.29 is 14.3 Å². The van der Waals surface area contributed by atoms with E-state index in [2.05, 4.69) is 20.8 Å². The van der Waals surface area contributed by atoms with E-state index in [1.54, 1.807) is 60.1 Å². The molecule has 0 fully saturated rings. The fourth-order valence-electron chi connectivity index (χ4n) is 2.85. The number of pyridine rings is 1. The van der Waals surface area contributed by atoms with Gasteiger partial charge in [0, 0.05) is 22.2 Å². The van der Waals surface area contributed by atoms with Gasteiger partial charge in [-0.1, -0.05) is 29.8 Å². The molecule has 0 bridgehead atoms. The summed E-state index contributed by atoms with van der Waals surface area (Å²) in [5.74, 6) is -0.0774. The Balaban J connectivity index is 1.24. The Kier molecular flexibility index (Phi) is 7.29. The average Bonchev–Trinajstić information content (AvgIpc) is 3.31. The van der Waals surface area contributed by atoms with E-state index in [0.29, 0.717) is 28.6 Å². The van der Waals surface area contributed by atoms with Gasteiger partial charge in [0.2, 0.25) is 5.91 Å². The molecular weight excluding hydrogens is 460 g/mol. The summed E-state index contributed by atoms with van der Waals surface area (Å²) in [6, 6.07) is 19.6. The van der Waals surface area contributed by atoms with Crippen LogP contribution in [0.15, 0.2) is 78.3 Å². The minimum Gasteiger partial charge on any atom is -0.489 e. The second-order valence-corrected chi connectivity index (χ2v) is 8.27. The number of halogens is 1. The molecule has 33 heavy (non-hydrogen) atoms. The van der Waals surface area contributed by atoms with E-state index in [9.17, 15) is 9.59 Å². The fraction of sp³-hybridized carbons (Fsp3) is 0.0833. The first-order valence-corrected chi connectivity index (χ1v) is 11.2. The van der Waals surface area contributed by atoms with Crippen molar-refractivity contribution in [3.8, 4) is 16.5 Å². The highest BCUT2D eigenvalue weighted by Crippen LogP contribution is 2.21. The van der Waals surface area contributed by atoms with Crippen molar-refractivity contribution in [2.75, 3.05) is 0 Å². The van der Waals surface area contributed by atoms with Crippen LogP contribution >= 0.6 is 22.9 Å². The van der Waals surface area contributed by atoms with Gasteiger partial charge in [0.15, 0.2) is 0 Å². The summed E-state index contributed by atoms with van der Waals surface area (Å²) >= 11 is 7.27. The number of hydrogen-bond acceptors (Lipinski definition) is 6. The Hall–Kier alpha value is -3.75. The number of thiazole rings is 1. The maximum Gasteiger partial charge on any atom is 0.269 e. The Morgan fingerprint density at radius 2 is 1.76 bits per heavy atom. The maximum absolute atomic E-state index is 12.3. The molecule has 0 aliphatic rings. The highest BCUT2D eigenvalue weighted by Gasteiger charge is 2.11. The third-order valence-corrected chi connectivity index (χ3v) is 5.69. The summed E-state index contributed by atoms with van der Waals surface area (Å²) in [4.78, 5) is 33.2. The van der Waals surface area contributed by atoms with Crippen LogP contribution in [0.3, 0.4) is 0 Å². The lowest BCUT2D eigenvalue weighted by Gasteiger charge is -2.09. The quantitative estimate of drug-likeness (QED) is 0.383. The Bertz CT molecular complexity index is 1230. The van der Waals surface area contributed by atoms with Gasteiger partial charge >= 0.3 is 0 Å². The predicted octanol–water partition coefficient (Wildman–Crippen LogP) is 4.44. The van der Waals surface area contributed by atoms with E-state index in [4.69, 9.17) is 16.3 Å². The molecule has 2 amide bonds. The summed E-state index contributed by atoms with van der Waals surface area (Å²) in [6.07, 6.45) is 1.74. The summed E-state index contributed by atoms with van der Waals surface area (Å²) < 4.78 is 5.69. The number of aromatic nitrogens is 2. The lowest BCUT2D eigenvalue weighted by molar-refractivity contribution is -0.121. The molecule has 0 aliphatic heterocycles. The minimum absolute atomic E-state index is 0.0462. The second-order valence-electron chi connectivity index (χ2n) is 6.98. The van der Waals surface area contributed by atoms with E-state index in [1.807, 2.05) is 18.2 Å². The van der Waals surface area contributed by atoms with Gasteiger partial charge < -0.3 is 4.74 Å². The van der Waals surface area contributed by atoms with Crippen LogP contribution in [0.4, 0.5) is 0 Å². The highest BCUT2D eigenvalue weighted by molar-refractivity contribution is 7.13. The third-order valence-electron chi connectivity index (χ3n) is 4.53. The molecule has 7 nitrogen and oxygen atoms in total. The summed E-state index contributed by atoms with van der Waals surface area (Å²) in [7, 11) is 0. The minimum atomic E-state index is -0.416. The normalized spacial score (nSPS) is 10.5. The summed E-state index contributed by atoms with van der Waals surface area (Å²) in [6.45, 7) is 0.356. The molecule has 9 heteroatoms. The zero-order valence-electron chi connectivity index (χ0n) is 17.3. The molecule has 2 aromatic carbocycles. The number of benzene rings is 2. The first kappa shape index (κ1) is 22.4. The van der Waals surface area contributed by atoms with Crippen molar-refractivity contribution in [1.29, 1.82) is 0 Å². The fourth-order valence-corrected chi connectivity index (χ4v) is 3.77. The Morgan fingerprint density at radius 3 is 2.48 bits per heavy atom. The van der Waals surface area contributed by atoms with Gasteiger partial charge in [0.1, 0.15) is 17.4 Å². The molecule has 0 aliphatic carbocycles. The molecule has 2 aromatic heterocycles. The first-order chi connectivity index (χ1) is 16.1. The van der Waals surface area contributed by atoms with E-state index in [1.165, 1.54) is 11.3 Å². The van der Waals surface area contributed by atoms with Crippen LogP contribution in [0.25, 0.3) is 10.7 Å². The standard InChI is InChI=1S/C24H19ClN4O3S/c25-18-8-10-20(11-9-18)32-14-16-4-6-17(7-5-16)23(31)29-28-22(30)13-19-15-33-24(27-19)21-3-1-2-12-26-21/h1-12,15H,13-14H2,(H,28,30)(H,29,31). The lowest BCUT2D eigenvalue weighted by atomic mass is 10.1. The maximum atomic E-state index is 12.3.